The molecule has 1 heterocycles. The predicted molar refractivity (Wildman–Crippen MR) is 97.8 cm³/mol. The summed E-state index contributed by atoms with van der Waals surface area (Å²) in [6.07, 6.45) is 1.63. The van der Waals surface area contributed by atoms with E-state index in [1.165, 1.54) is 34.6 Å². The summed E-state index contributed by atoms with van der Waals surface area (Å²) in [5.41, 5.74) is 6.73. The Balaban J connectivity index is 1.57. The molecule has 3 N–H and O–H groups in total. The highest BCUT2D eigenvalue weighted by Crippen LogP contribution is 2.19. The van der Waals surface area contributed by atoms with Crippen LogP contribution in [0.1, 0.15) is 10.5 Å². The molecule has 0 bridgehead atoms. The predicted octanol–water partition coefficient (Wildman–Crippen LogP) is 2.84. The van der Waals surface area contributed by atoms with E-state index in [2.05, 4.69) is 10.4 Å². The van der Waals surface area contributed by atoms with Gasteiger partial charge in [0.1, 0.15) is 11.5 Å². The number of hydrogen-bond acceptors (Lipinski definition) is 4. The monoisotopic (exact) mass is 370 g/mol. The van der Waals surface area contributed by atoms with Crippen molar-refractivity contribution in [3.63, 3.8) is 0 Å². The van der Waals surface area contributed by atoms with Crippen LogP contribution in [0, 0.1) is 5.82 Å². The van der Waals surface area contributed by atoms with Gasteiger partial charge < -0.3 is 11.1 Å². The summed E-state index contributed by atoms with van der Waals surface area (Å²) >= 11 is 1.33. The number of amides is 2. The van der Waals surface area contributed by atoms with Crippen LogP contribution in [-0.4, -0.2) is 27.3 Å². The van der Waals surface area contributed by atoms with Gasteiger partial charge in [-0.25, -0.2) is 9.07 Å². The van der Waals surface area contributed by atoms with Crippen LogP contribution in [0.5, 0.6) is 0 Å². The summed E-state index contributed by atoms with van der Waals surface area (Å²) < 4.78 is 14.4. The number of halogens is 1. The fourth-order valence-corrected chi connectivity index (χ4v) is 2.87. The second kappa shape index (κ2) is 7.83. The van der Waals surface area contributed by atoms with Gasteiger partial charge in [0.05, 0.1) is 11.4 Å². The van der Waals surface area contributed by atoms with Gasteiger partial charge in [0.15, 0.2) is 0 Å². The zero-order valence-electron chi connectivity index (χ0n) is 13.6. The lowest BCUT2D eigenvalue weighted by molar-refractivity contribution is -0.113. The zero-order valence-corrected chi connectivity index (χ0v) is 14.4. The molecule has 0 aliphatic carbocycles. The third-order valence-electron chi connectivity index (χ3n) is 3.44. The lowest BCUT2D eigenvalue weighted by atomic mass is 10.3. The summed E-state index contributed by atoms with van der Waals surface area (Å²) in [5.74, 6) is -0.846. The van der Waals surface area contributed by atoms with Crippen molar-refractivity contribution in [1.82, 2.24) is 9.78 Å². The number of aromatic nitrogens is 2. The Morgan fingerprint density at radius 1 is 1.08 bits per heavy atom. The van der Waals surface area contributed by atoms with E-state index in [4.69, 9.17) is 5.73 Å². The van der Waals surface area contributed by atoms with Crippen molar-refractivity contribution >= 4 is 29.3 Å². The van der Waals surface area contributed by atoms with Crippen LogP contribution in [0.2, 0.25) is 0 Å². The van der Waals surface area contributed by atoms with Crippen molar-refractivity contribution in [2.45, 2.75) is 4.90 Å². The van der Waals surface area contributed by atoms with E-state index in [1.807, 2.05) is 0 Å². The fraction of sp³-hybridized carbons (Fsp3) is 0.0556. The number of nitrogens with one attached hydrogen (secondary N) is 1. The second-order valence-electron chi connectivity index (χ2n) is 5.35. The lowest BCUT2D eigenvalue weighted by Crippen LogP contribution is -2.14. The van der Waals surface area contributed by atoms with Crippen molar-refractivity contribution in [3.8, 4) is 5.69 Å². The van der Waals surface area contributed by atoms with E-state index in [-0.39, 0.29) is 23.2 Å². The molecule has 0 saturated heterocycles. The number of carbonyl (C=O) groups excluding carboxylic acids is 2. The van der Waals surface area contributed by atoms with E-state index >= 15 is 0 Å². The maximum atomic E-state index is 12.9. The summed E-state index contributed by atoms with van der Waals surface area (Å²) in [5, 5.41) is 6.85. The highest BCUT2D eigenvalue weighted by atomic mass is 32.2. The Morgan fingerprint density at radius 2 is 1.77 bits per heavy atom. The Kier molecular flexibility index (Phi) is 5.33. The molecule has 0 radical (unpaired) electrons. The molecule has 8 heteroatoms. The summed E-state index contributed by atoms with van der Waals surface area (Å²) in [6, 6.07) is 14.5. The van der Waals surface area contributed by atoms with Gasteiger partial charge >= 0.3 is 0 Å². The number of nitrogens with zero attached hydrogens (tertiary/aromatic N) is 2. The number of benzene rings is 2. The number of primary amides is 1. The molecule has 3 aromatic rings. The van der Waals surface area contributed by atoms with Crippen molar-refractivity contribution < 1.29 is 14.0 Å². The molecule has 2 amide bonds. The molecule has 26 heavy (non-hydrogen) atoms. The smallest absolute Gasteiger partial charge is 0.269 e. The topological polar surface area (TPSA) is 90.0 Å². The zero-order chi connectivity index (χ0) is 18.5. The Morgan fingerprint density at radius 3 is 2.38 bits per heavy atom. The molecule has 6 nitrogen and oxygen atoms in total. The SMILES string of the molecule is NC(=O)c1ccn(-c2ccc(NC(=O)CSc3ccc(F)cc3)cc2)n1. The van der Waals surface area contributed by atoms with E-state index in [0.29, 0.717) is 5.69 Å². The van der Waals surface area contributed by atoms with Crippen molar-refractivity contribution in [1.29, 1.82) is 0 Å². The molecule has 3 rings (SSSR count). The van der Waals surface area contributed by atoms with Crippen LogP contribution in [0.15, 0.2) is 65.7 Å². The molecule has 132 valence electrons. The minimum atomic E-state index is -0.591. The first-order chi connectivity index (χ1) is 12.5. The quantitative estimate of drug-likeness (QED) is 0.653. The van der Waals surface area contributed by atoms with Crippen LogP contribution in [0.3, 0.4) is 0 Å². The van der Waals surface area contributed by atoms with Gasteiger partial charge in [-0.2, -0.15) is 5.10 Å². The van der Waals surface area contributed by atoms with Gasteiger partial charge in [-0.05, 0) is 54.6 Å². The molecule has 0 aliphatic rings. The molecular weight excluding hydrogens is 355 g/mol. The van der Waals surface area contributed by atoms with Crippen LogP contribution < -0.4 is 11.1 Å². The van der Waals surface area contributed by atoms with E-state index in [0.717, 1.165) is 10.6 Å². The number of thioether (sulfide) groups is 1. The number of nitrogens with two attached hydrogens (primary N) is 1. The van der Waals surface area contributed by atoms with Crippen molar-refractivity contribution in [2.24, 2.45) is 5.73 Å². The number of rotatable bonds is 6. The first kappa shape index (κ1) is 17.7. The van der Waals surface area contributed by atoms with Crippen LogP contribution in [0.25, 0.3) is 5.69 Å². The van der Waals surface area contributed by atoms with Crippen molar-refractivity contribution in [3.05, 3.63) is 72.3 Å². The highest BCUT2D eigenvalue weighted by Gasteiger charge is 2.07. The van der Waals surface area contributed by atoms with E-state index in [9.17, 15) is 14.0 Å². The number of anilines is 1. The molecule has 0 unspecified atom stereocenters. The van der Waals surface area contributed by atoms with Gasteiger partial charge in [-0.15, -0.1) is 11.8 Å². The molecule has 0 atom stereocenters. The van der Waals surface area contributed by atoms with Crippen molar-refractivity contribution in [2.75, 3.05) is 11.1 Å². The normalized spacial score (nSPS) is 10.5. The number of hydrogen-bond donors (Lipinski definition) is 2. The minimum absolute atomic E-state index is 0.165. The van der Waals surface area contributed by atoms with Crippen LogP contribution in [0.4, 0.5) is 10.1 Å². The largest absolute Gasteiger partial charge is 0.364 e. The highest BCUT2D eigenvalue weighted by molar-refractivity contribution is 8.00. The van der Waals surface area contributed by atoms with E-state index < -0.39 is 5.91 Å². The summed E-state index contributed by atoms with van der Waals surface area (Å²) in [7, 11) is 0. The lowest BCUT2D eigenvalue weighted by Gasteiger charge is -2.07. The Labute approximate surface area is 153 Å². The standard InChI is InChI=1S/C18H15FN4O2S/c19-12-1-7-15(8-2-12)26-11-17(24)21-13-3-5-14(6-4-13)23-10-9-16(22-23)18(20)25/h1-10H,11H2,(H2,20,25)(H,21,24). The fourth-order valence-electron chi connectivity index (χ4n) is 2.17. The molecule has 0 spiro atoms. The summed E-state index contributed by atoms with van der Waals surface area (Å²) in [4.78, 5) is 23.9. The van der Waals surface area contributed by atoms with Gasteiger partial charge in [0.25, 0.3) is 5.91 Å². The number of carbonyl (C=O) groups is 2. The molecule has 0 saturated carbocycles. The molecule has 0 fully saturated rings. The van der Waals surface area contributed by atoms with E-state index in [1.54, 1.807) is 42.6 Å². The molecule has 1 aromatic heterocycles. The summed E-state index contributed by atoms with van der Waals surface area (Å²) in [6.45, 7) is 0. The third kappa shape index (κ3) is 4.48. The first-order valence-electron chi connectivity index (χ1n) is 7.65. The Bertz CT molecular complexity index is 923. The van der Waals surface area contributed by atoms with Gasteiger partial charge in [-0.1, -0.05) is 0 Å². The molecular formula is C18H15FN4O2S. The van der Waals surface area contributed by atoms with Crippen LogP contribution in [-0.2, 0) is 4.79 Å². The maximum absolute atomic E-state index is 12.9. The maximum Gasteiger partial charge on any atom is 0.269 e. The molecule has 0 aliphatic heterocycles. The van der Waals surface area contributed by atoms with Gasteiger partial charge in [-0.3, -0.25) is 9.59 Å². The average molecular weight is 370 g/mol. The Hall–Kier alpha value is -3.13. The molecule has 2 aromatic carbocycles. The second-order valence-corrected chi connectivity index (χ2v) is 6.40. The van der Waals surface area contributed by atoms with Gasteiger partial charge in [0.2, 0.25) is 5.91 Å². The minimum Gasteiger partial charge on any atom is -0.364 e. The average Bonchev–Trinajstić information content (AvgIpc) is 3.12. The van der Waals surface area contributed by atoms with Gasteiger partial charge in [0, 0.05) is 16.8 Å². The van der Waals surface area contributed by atoms with Crippen LogP contribution >= 0.6 is 11.8 Å². The first-order valence-corrected chi connectivity index (χ1v) is 8.64. The third-order valence-corrected chi connectivity index (χ3v) is 4.45.